The van der Waals surface area contributed by atoms with Crippen LogP contribution in [-0.4, -0.2) is 27.5 Å². The number of hydrogen-bond acceptors (Lipinski definition) is 8. The first-order valence-electron chi connectivity index (χ1n) is 9.24. The molecular formula is C21H23N5O3. The predicted octanol–water partition coefficient (Wildman–Crippen LogP) is 3.19. The van der Waals surface area contributed by atoms with Crippen LogP contribution in [0.4, 0.5) is 17.6 Å². The van der Waals surface area contributed by atoms with Crippen LogP contribution in [0.3, 0.4) is 0 Å². The number of aryl methyl sites for hydroxylation is 2. The molecule has 1 aromatic heterocycles. The number of anilines is 3. The quantitative estimate of drug-likeness (QED) is 0.561. The highest BCUT2D eigenvalue weighted by Gasteiger charge is 2.10. The lowest BCUT2D eigenvalue weighted by atomic mass is 10.1. The van der Waals surface area contributed by atoms with Gasteiger partial charge in [0.2, 0.25) is 11.9 Å². The number of rotatable bonds is 8. The van der Waals surface area contributed by atoms with Gasteiger partial charge in [-0.3, -0.25) is 0 Å². The van der Waals surface area contributed by atoms with E-state index in [1.165, 1.54) is 0 Å². The Morgan fingerprint density at radius 3 is 2.72 bits per heavy atom. The maximum Gasteiger partial charge on any atom is 0.344 e. The van der Waals surface area contributed by atoms with Gasteiger partial charge in [-0.25, -0.2) is 4.79 Å². The third-order valence-corrected chi connectivity index (χ3v) is 4.05. The molecule has 29 heavy (non-hydrogen) atoms. The van der Waals surface area contributed by atoms with Crippen LogP contribution in [-0.2, 0) is 22.6 Å². The van der Waals surface area contributed by atoms with Crippen LogP contribution in [0.5, 0.6) is 5.75 Å². The molecule has 0 aliphatic carbocycles. The van der Waals surface area contributed by atoms with Crippen molar-refractivity contribution >= 4 is 23.6 Å². The monoisotopic (exact) mass is 393 g/mol. The molecule has 0 amide bonds. The van der Waals surface area contributed by atoms with Crippen LogP contribution in [0.2, 0.25) is 0 Å². The standard InChI is InChI=1S/C21H23N5O3/c1-3-15-8-4-5-10-17(15)23-21-25-18(24-20(22)26-21)12-29-19(27)13-28-16-9-6-7-14(2)11-16/h4-11H,3,12-13H2,1-2H3,(H3,22,23,24,25,26). The fraction of sp³-hybridized carbons (Fsp3) is 0.238. The predicted molar refractivity (Wildman–Crippen MR) is 110 cm³/mol. The van der Waals surface area contributed by atoms with E-state index in [-0.39, 0.29) is 25.0 Å². The van der Waals surface area contributed by atoms with Gasteiger partial charge < -0.3 is 20.5 Å². The minimum Gasteiger partial charge on any atom is -0.482 e. The smallest absolute Gasteiger partial charge is 0.344 e. The van der Waals surface area contributed by atoms with Crippen molar-refractivity contribution in [2.24, 2.45) is 0 Å². The van der Waals surface area contributed by atoms with E-state index in [2.05, 4.69) is 27.2 Å². The van der Waals surface area contributed by atoms with E-state index in [1.54, 1.807) is 6.07 Å². The summed E-state index contributed by atoms with van der Waals surface area (Å²) in [5, 5.41) is 3.14. The number of nitrogens with zero attached hydrogens (tertiary/aromatic N) is 3. The molecule has 0 radical (unpaired) electrons. The number of benzene rings is 2. The van der Waals surface area contributed by atoms with Crippen molar-refractivity contribution in [2.75, 3.05) is 17.7 Å². The Morgan fingerprint density at radius 2 is 1.93 bits per heavy atom. The van der Waals surface area contributed by atoms with E-state index in [0.29, 0.717) is 11.7 Å². The SMILES string of the molecule is CCc1ccccc1Nc1nc(N)nc(COC(=O)COc2cccc(C)c2)n1. The third-order valence-electron chi connectivity index (χ3n) is 4.05. The molecule has 0 atom stereocenters. The van der Waals surface area contributed by atoms with E-state index < -0.39 is 5.97 Å². The van der Waals surface area contributed by atoms with E-state index >= 15 is 0 Å². The zero-order valence-electron chi connectivity index (χ0n) is 16.4. The van der Waals surface area contributed by atoms with Gasteiger partial charge in [0.1, 0.15) is 5.75 Å². The molecule has 3 N–H and O–H groups in total. The fourth-order valence-electron chi connectivity index (χ4n) is 2.66. The molecule has 3 aromatic rings. The first-order valence-corrected chi connectivity index (χ1v) is 9.24. The van der Waals surface area contributed by atoms with Crippen LogP contribution >= 0.6 is 0 Å². The highest BCUT2D eigenvalue weighted by atomic mass is 16.6. The zero-order chi connectivity index (χ0) is 20.6. The molecule has 150 valence electrons. The molecular weight excluding hydrogens is 370 g/mol. The number of nitrogen functional groups attached to an aromatic ring is 1. The van der Waals surface area contributed by atoms with Crippen molar-refractivity contribution < 1.29 is 14.3 Å². The second kappa shape index (κ2) is 9.50. The molecule has 8 heteroatoms. The van der Waals surface area contributed by atoms with Gasteiger partial charge in [0.15, 0.2) is 19.0 Å². The molecule has 1 heterocycles. The summed E-state index contributed by atoms with van der Waals surface area (Å²) >= 11 is 0. The minimum absolute atomic E-state index is 0.0403. The van der Waals surface area contributed by atoms with Crippen LogP contribution in [0.25, 0.3) is 0 Å². The largest absolute Gasteiger partial charge is 0.482 e. The Hall–Kier alpha value is -3.68. The lowest BCUT2D eigenvalue weighted by Gasteiger charge is -2.11. The second-order valence-electron chi connectivity index (χ2n) is 6.34. The van der Waals surface area contributed by atoms with Crippen LogP contribution in [0, 0.1) is 6.92 Å². The highest BCUT2D eigenvalue weighted by Crippen LogP contribution is 2.19. The molecule has 0 fully saturated rings. The zero-order valence-corrected chi connectivity index (χ0v) is 16.4. The Kier molecular flexibility index (Phi) is 6.57. The van der Waals surface area contributed by atoms with Crippen molar-refractivity contribution in [1.82, 2.24) is 15.0 Å². The van der Waals surface area contributed by atoms with E-state index in [1.807, 2.05) is 49.4 Å². The fourth-order valence-corrected chi connectivity index (χ4v) is 2.66. The second-order valence-corrected chi connectivity index (χ2v) is 6.34. The third kappa shape index (κ3) is 5.90. The van der Waals surface area contributed by atoms with Gasteiger partial charge in [-0.05, 0) is 42.7 Å². The van der Waals surface area contributed by atoms with Crippen molar-refractivity contribution in [3.63, 3.8) is 0 Å². The number of aromatic nitrogens is 3. The number of ether oxygens (including phenoxy) is 2. The van der Waals surface area contributed by atoms with E-state index in [4.69, 9.17) is 15.2 Å². The number of carbonyl (C=O) groups is 1. The molecule has 0 saturated carbocycles. The molecule has 0 saturated heterocycles. The Balaban J connectivity index is 1.59. The lowest BCUT2D eigenvalue weighted by Crippen LogP contribution is -2.16. The molecule has 2 aromatic carbocycles. The number of hydrogen-bond donors (Lipinski definition) is 2. The number of nitrogens with one attached hydrogen (secondary N) is 1. The number of para-hydroxylation sites is 1. The summed E-state index contributed by atoms with van der Waals surface area (Å²) < 4.78 is 10.6. The number of esters is 1. The molecule has 0 bridgehead atoms. The van der Waals surface area contributed by atoms with Crippen molar-refractivity contribution in [3.05, 3.63) is 65.5 Å². The highest BCUT2D eigenvalue weighted by molar-refractivity contribution is 5.71. The summed E-state index contributed by atoms with van der Waals surface area (Å²) in [7, 11) is 0. The maximum absolute atomic E-state index is 12.0. The van der Waals surface area contributed by atoms with Gasteiger partial charge in [0.05, 0.1) is 0 Å². The first kappa shape index (κ1) is 20.1. The maximum atomic E-state index is 12.0. The average molecular weight is 393 g/mol. The van der Waals surface area contributed by atoms with E-state index in [9.17, 15) is 4.79 Å². The van der Waals surface area contributed by atoms with Crippen molar-refractivity contribution in [2.45, 2.75) is 26.9 Å². The average Bonchev–Trinajstić information content (AvgIpc) is 2.71. The summed E-state index contributed by atoms with van der Waals surface area (Å²) in [5.74, 6) is 0.653. The summed E-state index contributed by atoms with van der Waals surface area (Å²) in [6, 6.07) is 15.3. The number of nitrogens with two attached hydrogens (primary N) is 1. The topological polar surface area (TPSA) is 112 Å². The minimum atomic E-state index is -0.531. The molecule has 0 aliphatic heterocycles. The first-order chi connectivity index (χ1) is 14.0. The molecule has 0 unspecified atom stereocenters. The summed E-state index contributed by atoms with van der Waals surface area (Å²) in [6.45, 7) is 3.67. The Labute approximate surface area is 169 Å². The van der Waals surface area contributed by atoms with E-state index in [0.717, 1.165) is 23.2 Å². The van der Waals surface area contributed by atoms with Crippen LogP contribution in [0.15, 0.2) is 48.5 Å². The van der Waals surface area contributed by atoms with Crippen molar-refractivity contribution in [1.29, 1.82) is 0 Å². The van der Waals surface area contributed by atoms with Crippen LogP contribution < -0.4 is 15.8 Å². The summed E-state index contributed by atoms with van der Waals surface area (Å²) in [5.41, 5.74) is 8.82. The molecule has 0 spiro atoms. The summed E-state index contributed by atoms with van der Waals surface area (Å²) in [6.07, 6.45) is 0.856. The Bertz CT molecular complexity index is 994. The number of carbonyl (C=O) groups excluding carboxylic acids is 1. The van der Waals surface area contributed by atoms with Gasteiger partial charge in [0, 0.05) is 5.69 Å². The van der Waals surface area contributed by atoms with Gasteiger partial charge in [-0.2, -0.15) is 15.0 Å². The van der Waals surface area contributed by atoms with Gasteiger partial charge in [0.25, 0.3) is 0 Å². The van der Waals surface area contributed by atoms with Gasteiger partial charge in [-0.1, -0.05) is 37.3 Å². The normalized spacial score (nSPS) is 10.4. The molecule has 3 rings (SSSR count). The van der Waals surface area contributed by atoms with Crippen molar-refractivity contribution in [3.8, 4) is 5.75 Å². The van der Waals surface area contributed by atoms with Gasteiger partial charge in [-0.15, -0.1) is 0 Å². The lowest BCUT2D eigenvalue weighted by molar-refractivity contribution is -0.147. The summed E-state index contributed by atoms with van der Waals surface area (Å²) in [4.78, 5) is 24.3. The molecule has 8 nitrogen and oxygen atoms in total. The Morgan fingerprint density at radius 1 is 1.10 bits per heavy atom. The molecule has 0 aliphatic rings. The van der Waals surface area contributed by atoms with Gasteiger partial charge >= 0.3 is 5.97 Å². The van der Waals surface area contributed by atoms with Crippen LogP contribution in [0.1, 0.15) is 23.9 Å².